The van der Waals surface area contributed by atoms with Crippen LogP contribution in [0.3, 0.4) is 0 Å². The molecule has 10 heteroatoms. The smallest absolute Gasteiger partial charge is 0.194 e. The Balaban J connectivity index is 0.00000450. The molecular formula is C20H33IN6O2S. The van der Waals surface area contributed by atoms with Gasteiger partial charge in [0.2, 0.25) is 0 Å². The Morgan fingerprint density at radius 2 is 1.87 bits per heavy atom. The first-order valence-corrected chi connectivity index (χ1v) is 11.4. The molecule has 1 aromatic heterocycles. The molecule has 0 amide bonds. The number of guanidine groups is 1. The van der Waals surface area contributed by atoms with Crippen LogP contribution in [-0.2, 0) is 28.8 Å². The highest BCUT2D eigenvalue weighted by atomic mass is 127. The fourth-order valence-corrected chi connectivity index (χ4v) is 3.89. The van der Waals surface area contributed by atoms with E-state index in [1.165, 1.54) is 6.33 Å². The van der Waals surface area contributed by atoms with Crippen LogP contribution < -0.4 is 5.32 Å². The minimum atomic E-state index is -3.40. The number of sulfone groups is 1. The number of aromatic nitrogens is 3. The summed E-state index contributed by atoms with van der Waals surface area (Å²) in [4.78, 5) is 10.9. The fourth-order valence-electron chi connectivity index (χ4n) is 2.77. The second-order valence-electron chi connectivity index (χ2n) is 7.98. The molecule has 1 heterocycles. The molecular weight excluding hydrogens is 515 g/mol. The van der Waals surface area contributed by atoms with Gasteiger partial charge in [0.05, 0.1) is 23.7 Å². The summed E-state index contributed by atoms with van der Waals surface area (Å²) in [6.45, 7) is 9.65. The van der Waals surface area contributed by atoms with Crippen molar-refractivity contribution in [3.05, 3.63) is 42.0 Å². The number of nitrogens with zero attached hydrogens (tertiary/aromatic N) is 5. The molecule has 0 aliphatic rings. The first-order valence-electron chi connectivity index (χ1n) is 9.70. The van der Waals surface area contributed by atoms with Crippen LogP contribution in [0.5, 0.6) is 0 Å². The molecule has 1 aromatic carbocycles. The molecule has 0 saturated heterocycles. The highest BCUT2D eigenvalue weighted by Crippen LogP contribution is 2.23. The SMILES string of the molecule is CCNC(=NCCS(=O)(=O)c1ccc(C(C)(C)C)cc1)N(C)Cc1ncnn1C.I. The zero-order chi connectivity index (χ0) is 21.7. The molecule has 0 saturated carbocycles. The highest BCUT2D eigenvalue weighted by Gasteiger charge is 2.18. The van der Waals surface area contributed by atoms with Gasteiger partial charge in [-0.3, -0.25) is 9.67 Å². The second kappa shape index (κ2) is 11.1. The summed E-state index contributed by atoms with van der Waals surface area (Å²) in [6.07, 6.45) is 1.50. The summed E-state index contributed by atoms with van der Waals surface area (Å²) >= 11 is 0. The van der Waals surface area contributed by atoms with E-state index < -0.39 is 9.84 Å². The molecule has 8 nitrogen and oxygen atoms in total. The van der Waals surface area contributed by atoms with Crippen LogP contribution in [0.25, 0.3) is 0 Å². The number of aliphatic imine (C=N–C) groups is 1. The van der Waals surface area contributed by atoms with Crippen molar-refractivity contribution in [1.82, 2.24) is 25.0 Å². The summed E-state index contributed by atoms with van der Waals surface area (Å²) in [5.74, 6) is 1.38. The van der Waals surface area contributed by atoms with Gasteiger partial charge in [-0.25, -0.2) is 13.4 Å². The minimum absolute atomic E-state index is 0. The molecule has 30 heavy (non-hydrogen) atoms. The van der Waals surface area contributed by atoms with E-state index >= 15 is 0 Å². The molecule has 0 bridgehead atoms. The molecule has 0 unspecified atom stereocenters. The van der Waals surface area contributed by atoms with Crippen LogP contribution in [0.4, 0.5) is 0 Å². The largest absolute Gasteiger partial charge is 0.357 e. The quantitative estimate of drug-likeness (QED) is 0.325. The Hall–Kier alpha value is -1.69. The Morgan fingerprint density at radius 1 is 1.23 bits per heavy atom. The molecule has 0 aliphatic carbocycles. The third-order valence-corrected chi connectivity index (χ3v) is 6.29. The number of halogens is 1. The van der Waals surface area contributed by atoms with Crippen molar-refractivity contribution in [2.24, 2.45) is 12.0 Å². The van der Waals surface area contributed by atoms with Gasteiger partial charge in [0.25, 0.3) is 0 Å². The van der Waals surface area contributed by atoms with Crippen LogP contribution in [-0.4, -0.2) is 59.9 Å². The topological polar surface area (TPSA) is 92.5 Å². The van der Waals surface area contributed by atoms with E-state index in [1.807, 2.05) is 38.1 Å². The van der Waals surface area contributed by atoms with E-state index in [1.54, 1.807) is 16.8 Å². The van der Waals surface area contributed by atoms with Gasteiger partial charge in [0, 0.05) is 20.6 Å². The number of benzene rings is 1. The van der Waals surface area contributed by atoms with Crippen molar-refractivity contribution in [2.45, 2.75) is 44.6 Å². The summed E-state index contributed by atoms with van der Waals surface area (Å²) < 4.78 is 27.1. The van der Waals surface area contributed by atoms with Crippen LogP contribution >= 0.6 is 24.0 Å². The van der Waals surface area contributed by atoms with E-state index in [2.05, 4.69) is 41.2 Å². The van der Waals surface area contributed by atoms with Crippen molar-refractivity contribution in [1.29, 1.82) is 0 Å². The average Bonchev–Trinajstić information content (AvgIpc) is 3.05. The number of hydrogen-bond donors (Lipinski definition) is 1. The van der Waals surface area contributed by atoms with Crippen LogP contribution in [0.1, 0.15) is 39.1 Å². The third kappa shape index (κ3) is 7.22. The molecule has 2 rings (SSSR count). The number of aryl methyl sites for hydroxylation is 1. The standard InChI is InChI=1S/C20H32N6O2S.HI/c1-7-21-19(25(5)14-18-23-15-24-26(18)6)22-12-13-29(27,28)17-10-8-16(9-11-17)20(2,3)4;/h8-11,15H,7,12-14H2,1-6H3,(H,21,22);1H. The zero-order valence-corrected chi connectivity index (χ0v) is 21.7. The van der Waals surface area contributed by atoms with Gasteiger partial charge < -0.3 is 10.2 Å². The lowest BCUT2D eigenvalue weighted by Crippen LogP contribution is -2.39. The summed E-state index contributed by atoms with van der Waals surface area (Å²) in [7, 11) is 0.321. The van der Waals surface area contributed by atoms with Crippen molar-refractivity contribution in [2.75, 3.05) is 25.9 Å². The number of nitrogens with one attached hydrogen (secondary N) is 1. The summed E-state index contributed by atoms with van der Waals surface area (Å²) in [5.41, 5.74) is 1.09. The van der Waals surface area contributed by atoms with Gasteiger partial charge in [-0.1, -0.05) is 32.9 Å². The predicted octanol–water partition coefficient (Wildman–Crippen LogP) is 2.60. The molecule has 2 aromatic rings. The lowest BCUT2D eigenvalue weighted by Gasteiger charge is -2.21. The molecule has 0 radical (unpaired) electrons. The zero-order valence-electron chi connectivity index (χ0n) is 18.6. The van der Waals surface area contributed by atoms with Gasteiger partial charge in [0.15, 0.2) is 15.8 Å². The lowest BCUT2D eigenvalue weighted by atomic mass is 9.87. The van der Waals surface area contributed by atoms with Crippen molar-refractivity contribution < 1.29 is 8.42 Å². The maximum absolute atomic E-state index is 12.7. The van der Waals surface area contributed by atoms with E-state index in [0.717, 1.165) is 11.4 Å². The van der Waals surface area contributed by atoms with E-state index in [0.29, 0.717) is 23.9 Å². The second-order valence-corrected chi connectivity index (χ2v) is 10.1. The Morgan fingerprint density at radius 3 is 2.37 bits per heavy atom. The predicted molar refractivity (Wildman–Crippen MR) is 131 cm³/mol. The highest BCUT2D eigenvalue weighted by molar-refractivity contribution is 14.0. The van der Waals surface area contributed by atoms with Crippen LogP contribution in [0, 0.1) is 0 Å². The molecule has 0 aliphatic heterocycles. The minimum Gasteiger partial charge on any atom is -0.357 e. The third-order valence-electron chi connectivity index (χ3n) is 4.58. The maximum Gasteiger partial charge on any atom is 0.194 e. The number of hydrogen-bond acceptors (Lipinski definition) is 5. The van der Waals surface area contributed by atoms with E-state index in [-0.39, 0.29) is 41.7 Å². The number of rotatable bonds is 7. The first kappa shape index (κ1) is 26.3. The van der Waals surface area contributed by atoms with Gasteiger partial charge in [-0.2, -0.15) is 5.10 Å². The van der Waals surface area contributed by atoms with Crippen LogP contribution in [0.2, 0.25) is 0 Å². The molecule has 0 atom stereocenters. The van der Waals surface area contributed by atoms with Crippen molar-refractivity contribution in [3.63, 3.8) is 0 Å². The normalized spacial score (nSPS) is 12.4. The average molecular weight is 548 g/mol. The van der Waals surface area contributed by atoms with Gasteiger partial charge in [-0.05, 0) is 30.0 Å². The Kier molecular flexibility index (Phi) is 9.73. The van der Waals surface area contributed by atoms with Gasteiger partial charge in [0.1, 0.15) is 12.2 Å². The van der Waals surface area contributed by atoms with E-state index in [4.69, 9.17) is 0 Å². The fraction of sp³-hybridized carbons (Fsp3) is 0.550. The molecule has 0 spiro atoms. The maximum atomic E-state index is 12.7. The van der Waals surface area contributed by atoms with Gasteiger partial charge in [-0.15, -0.1) is 24.0 Å². The monoisotopic (exact) mass is 548 g/mol. The Labute approximate surface area is 197 Å². The van der Waals surface area contributed by atoms with Crippen LogP contribution in [0.15, 0.2) is 40.5 Å². The van der Waals surface area contributed by atoms with Crippen molar-refractivity contribution in [3.8, 4) is 0 Å². The van der Waals surface area contributed by atoms with Gasteiger partial charge >= 0.3 is 0 Å². The molecule has 168 valence electrons. The Bertz CT molecular complexity index is 933. The first-order chi connectivity index (χ1) is 13.5. The summed E-state index contributed by atoms with van der Waals surface area (Å²) in [5, 5.41) is 7.25. The molecule has 1 N–H and O–H groups in total. The van der Waals surface area contributed by atoms with E-state index in [9.17, 15) is 8.42 Å². The lowest BCUT2D eigenvalue weighted by molar-refractivity contribution is 0.449. The molecule has 0 fully saturated rings. The summed E-state index contributed by atoms with van der Waals surface area (Å²) in [6, 6.07) is 7.14. The van der Waals surface area contributed by atoms with Crippen molar-refractivity contribution >= 4 is 39.8 Å².